The van der Waals surface area contributed by atoms with Gasteiger partial charge in [0.05, 0.1) is 22.4 Å². The number of aromatic nitrogens is 3. The van der Waals surface area contributed by atoms with Crippen LogP contribution in [0.5, 0.6) is 0 Å². The van der Waals surface area contributed by atoms with Gasteiger partial charge in [0.2, 0.25) is 5.95 Å². The number of nitrogens with zero attached hydrogens (tertiary/aromatic N) is 3. The fourth-order valence-corrected chi connectivity index (χ4v) is 8.88. The van der Waals surface area contributed by atoms with Gasteiger partial charge in [0.1, 0.15) is 0 Å². The lowest BCUT2D eigenvalue weighted by molar-refractivity contribution is 0.620. The molecule has 0 saturated carbocycles. The van der Waals surface area contributed by atoms with E-state index in [1.54, 1.807) is 0 Å². The number of rotatable bonds is 4. The minimum atomic E-state index is 0.0186. The molecule has 0 amide bonds. The van der Waals surface area contributed by atoms with E-state index in [4.69, 9.17) is 9.97 Å². The minimum Gasteiger partial charge on any atom is -0.278 e. The second-order valence-electron chi connectivity index (χ2n) is 12.9. The van der Waals surface area contributed by atoms with Gasteiger partial charge in [0, 0.05) is 31.9 Å². The van der Waals surface area contributed by atoms with Crippen molar-refractivity contribution >= 4 is 39.1 Å². The van der Waals surface area contributed by atoms with Crippen LogP contribution in [0.25, 0.3) is 55.7 Å². The monoisotopic (exact) mass is 611 g/mol. The van der Waals surface area contributed by atoms with Crippen LogP contribution in [-0.4, -0.2) is 19.8 Å². The normalized spacial score (nSPS) is 21.5. The summed E-state index contributed by atoms with van der Waals surface area (Å²) in [5.74, 6) is 1.23. The zero-order valence-corrected chi connectivity index (χ0v) is 26.7. The van der Waals surface area contributed by atoms with Crippen LogP contribution in [-0.2, 0) is 5.41 Å². The van der Waals surface area contributed by atoms with Gasteiger partial charge in [-0.05, 0) is 58.9 Å². The number of fused-ring (bicyclic) bond motifs is 6. The Morgan fingerprint density at radius 3 is 2.46 bits per heavy atom. The number of hydrogen-bond donors (Lipinski definition) is 0. The Labute approximate surface area is 273 Å². The van der Waals surface area contributed by atoms with Crippen molar-refractivity contribution in [1.29, 1.82) is 0 Å². The van der Waals surface area contributed by atoms with E-state index in [1.165, 1.54) is 32.4 Å². The summed E-state index contributed by atoms with van der Waals surface area (Å²) in [6.45, 7) is 4.62. The fraction of sp³-hybridized carbons (Fsp3) is 0.143. The summed E-state index contributed by atoms with van der Waals surface area (Å²) in [7, 11) is 0. The van der Waals surface area contributed by atoms with E-state index < -0.39 is 0 Å². The largest absolute Gasteiger partial charge is 0.278 e. The lowest BCUT2D eigenvalue weighted by atomic mass is 9.76. The maximum atomic E-state index is 5.24. The SMILES string of the molecule is CC1C=CC(c2cc(-c3ccccc3)nc(-n3c4ccccc4c4cc(-c5cccc6c5SC5C=CC=CC65C)ccc43)n2)=CC1. The lowest BCUT2D eigenvalue weighted by Gasteiger charge is -2.28. The molecule has 3 unspecified atom stereocenters. The van der Waals surface area contributed by atoms with Crippen molar-refractivity contribution in [1.82, 2.24) is 14.5 Å². The van der Waals surface area contributed by atoms with Gasteiger partial charge in [-0.1, -0.05) is 129 Å². The summed E-state index contributed by atoms with van der Waals surface area (Å²) < 4.78 is 2.25. The molecule has 222 valence electrons. The van der Waals surface area contributed by atoms with E-state index in [0.29, 0.717) is 17.1 Å². The number of para-hydroxylation sites is 1. The molecule has 46 heavy (non-hydrogen) atoms. The molecule has 3 nitrogen and oxygen atoms in total. The summed E-state index contributed by atoms with van der Waals surface area (Å²) in [5.41, 5.74) is 10.3. The zero-order chi connectivity index (χ0) is 30.8. The average molecular weight is 612 g/mol. The van der Waals surface area contributed by atoms with Crippen LogP contribution in [0.1, 0.15) is 31.5 Å². The third-order valence-electron chi connectivity index (χ3n) is 9.85. The van der Waals surface area contributed by atoms with Crippen molar-refractivity contribution in [3.63, 3.8) is 0 Å². The molecule has 0 spiro atoms. The first-order chi connectivity index (χ1) is 22.6. The van der Waals surface area contributed by atoms with Crippen LogP contribution >= 0.6 is 11.8 Å². The van der Waals surface area contributed by atoms with Crippen LogP contribution in [0.3, 0.4) is 0 Å². The Morgan fingerprint density at radius 1 is 0.761 bits per heavy atom. The van der Waals surface area contributed by atoms with Crippen molar-refractivity contribution in [2.24, 2.45) is 5.92 Å². The smallest absolute Gasteiger partial charge is 0.235 e. The highest BCUT2D eigenvalue weighted by Gasteiger charge is 2.42. The summed E-state index contributed by atoms with van der Waals surface area (Å²) >= 11 is 1.99. The molecule has 3 aliphatic rings. The molecule has 0 fully saturated rings. The summed E-state index contributed by atoms with van der Waals surface area (Å²) in [5, 5.41) is 2.82. The third-order valence-corrected chi connectivity index (χ3v) is 11.4. The van der Waals surface area contributed by atoms with E-state index in [2.05, 4.69) is 152 Å². The van der Waals surface area contributed by atoms with Crippen LogP contribution in [0.2, 0.25) is 0 Å². The molecular weight excluding hydrogens is 579 g/mol. The molecule has 4 aromatic carbocycles. The number of hydrogen-bond acceptors (Lipinski definition) is 3. The second kappa shape index (κ2) is 10.6. The van der Waals surface area contributed by atoms with Crippen molar-refractivity contribution in [3.8, 4) is 28.3 Å². The van der Waals surface area contributed by atoms with Crippen molar-refractivity contribution in [2.45, 2.75) is 35.8 Å². The molecule has 0 bridgehead atoms. The average Bonchev–Trinajstić information content (AvgIpc) is 3.60. The fourth-order valence-electron chi connectivity index (χ4n) is 7.27. The summed E-state index contributed by atoms with van der Waals surface area (Å²) in [6, 6.07) is 35.0. The molecular formula is C42H33N3S. The third kappa shape index (κ3) is 4.28. The van der Waals surface area contributed by atoms with Crippen molar-refractivity contribution in [3.05, 3.63) is 151 Å². The van der Waals surface area contributed by atoms with Gasteiger partial charge >= 0.3 is 0 Å². The minimum absolute atomic E-state index is 0.0186. The Bertz CT molecular complexity index is 2310. The molecule has 0 saturated heterocycles. The van der Waals surface area contributed by atoms with E-state index >= 15 is 0 Å². The highest BCUT2D eigenvalue weighted by molar-refractivity contribution is 8.00. The van der Waals surface area contributed by atoms with E-state index in [1.807, 2.05) is 17.8 Å². The van der Waals surface area contributed by atoms with Gasteiger partial charge < -0.3 is 0 Å². The number of thioether (sulfide) groups is 1. The predicted molar refractivity (Wildman–Crippen MR) is 193 cm³/mol. The van der Waals surface area contributed by atoms with Gasteiger partial charge in [0.25, 0.3) is 0 Å². The highest BCUT2D eigenvalue weighted by Crippen LogP contribution is 2.55. The van der Waals surface area contributed by atoms with E-state index in [-0.39, 0.29) is 5.41 Å². The standard InChI is InChI=1S/C42H33N3S/c1-27-18-20-29(21-19-27)36-26-35(28-11-4-3-5-12-28)43-41(44-36)45-37-16-7-6-13-32(37)33-25-30(22-23-38(33)45)31-14-10-15-34-40(31)46-39-17-8-9-24-42(34,39)2/h3-18,20-27,39H,19H2,1-2H3. The Balaban J connectivity index is 1.24. The maximum absolute atomic E-state index is 5.24. The second-order valence-corrected chi connectivity index (χ2v) is 14.0. The molecule has 4 heteroatoms. The molecule has 0 radical (unpaired) electrons. The molecule has 6 aromatic rings. The summed E-state index contributed by atoms with van der Waals surface area (Å²) in [6.07, 6.45) is 16.9. The quantitative estimate of drug-likeness (QED) is 0.199. The van der Waals surface area contributed by atoms with Crippen molar-refractivity contribution in [2.75, 3.05) is 0 Å². The van der Waals surface area contributed by atoms with Crippen LogP contribution in [0.15, 0.2) is 144 Å². The van der Waals surface area contributed by atoms with Crippen LogP contribution in [0.4, 0.5) is 0 Å². The summed E-state index contributed by atoms with van der Waals surface area (Å²) in [4.78, 5) is 11.9. The van der Waals surface area contributed by atoms with Gasteiger partial charge in [-0.2, -0.15) is 0 Å². The lowest BCUT2D eigenvalue weighted by Crippen LogP contribution is -2.28. The molecule has 3 heterocycles. The molecule has 2 aliphatic carbocycles. The number of allylic oxidation sites excluding steroid dienone is 7. The molecule has 0 N–H and O–H groups in total. The predicted octanol–water partition coefficient (Wildman–Crippen LogP) is 10.7. The Morgan fingerprint density at radius 2 is 1.59 bits per heavy atom. The Hall–Kier alpha value is -4.93. The van der Waals surface area contributed by atoms with Gasteiger partial charge in [0.15, 0.2) is 0 Å². The molecule has 9 rings (SSSR count). The van der Waals surface area contributed by atoms with Gasteiger partial charge in [-0.15, -0.1) is 11.8 Å². The first-order valence-electron chi connectivity index (χ1n) is 16.1. The van der Waals surface area contributed by atoms with E-state index in [9.17, 15) is 0 Å². The van der Waals surface area contributed by atoms with Crippen molar-refractivity contribution < 1.29 is 0 Å². The van der Waals surface area contributed by atoms with E-state index in [0.717, 1.165) is 40.0 Å². The van der Waals surface area contributed by atoms with Gasteiger partial charge in [-0.25, -0.2) is 9.97 Å². The highest BCUT2D eigenvalue weighted by atomic mass is 32.2. The molecule has 1 aliphatic heterocycles. The van der Waals surface area contributed by atoms with Crippen LogP contribution < -0.4 is 0 Å². The number of benzene rings is 4. The Kier molecular flexibility index (Phi) is 6.29. The van der Waals surface area contributed by atoms with Crippen LogP contribution in [0, 0.1) is 5.92 Å². The first-order valence-corrected chi connectivity index (χ1v) is 17.0. The molecule has 3 atom stereocenters. The maximum Gasteiger partial charge on any atom is 0.235 e. The first kappa shape index (κ1) is 27.4. The zero-order valence-electron chi connectivity index (χ0n) is 25.9. The topological polar surface area (TPSA) is 30.7 Å². The van der Waals surface area contributed by atoms with Gasteiger partial charge in [-0.3, -0.25) is 4.57 Å². The molecule has 2 aromatic heterocycles.